The summed E-state index contributed by atoms with van der Waals surface area (Å²) in [7, 11) is 0. The van der Waals surface area contributed by atoms with Gasteiger partial charge in [0.1, 0.15) is 22.3 Å². The third-order valence-corrected chi connectivity index (χ3v) is 1.86. The molecule has 14 heavy (non-hydrogen) atoms. The third kappa shape index (κ3) is 1.97. The maximum Gasteiger partial charge on any atom is 0.181 e. The van der Waals surface area contributed by atoms with E-state index in [2.05, 4.69) is 19.9 Å². The Hall–Kier alpha value is -1.26. The van der Waals surface area contributed by atoms with Crippen LogP contribution in [-0.2, 0) is 0 Å². The van der Waals surface area contributed by atoms with Crippen LogP contribution < -0.4 is 0 Å². The fourth-order valence-electron chi connectivity index (χ4n) is 0.928. The van der Waals surface area contributed by atoms with Crippen molar-refractivity contribution < 1.29 is 0 Å². The molecule has 0 saturated carbocycles. The van der Waals surface area contributed by atoms with Crippen LogP contribution in [0.4, 0.5) is 0 Å². The highest BCUT2D eigenvalue weighted by atomic mass is 35.5. The molecule has 2 heterocycles. The van der Waals surface area contributed by atoms with Crippen molar-refractivity contribution >= 4 is 23.2 Å². The lowest BCUT2D eigenvalue weighted by Crippen LogP contribution is -1.92. The van der Waals surface area contributed by atoms with Crippen LogP contribution in [0.2, 0.25) is 10.3 Å². The maximum absolute atomic E-state index is 5.72. The van der Waals surface area contributed by atoms with Crippen molar-refractivity contribution in [2.24, 2.45) is 0 Å². The molecule has 0 aliphatic heterocycles. The monoisotopic (exact) mass is 226 g/mol. The maximum atomic E-state index is 5.72. The molecule has 0 aliphatic carbocycles. The molecule has 2 aromatic rings. The minimum atomic E-state index is 0.290. The predicted molar refractivity (Wildman–Crippen MR) is 53.1 cm³/mol. The minimum Gasteiger partial charge on any atom is -0.245 e. The molecule has 0 radical (unpaired) electrons. The number of aromatic nitrogens is 4. The lowest BCUT2D eigenvalue weighted by atomic mass is 10.4. The van der Waals surface area contributed by atoms with Crippen molar-refractivity contribution in [2.75, 3.05) is 0 Å². The van der Waals surface area contributed by atoms with Gasteiger partial charge in [0, 0.05) is 12.3 Å². The predicted octanol–water partition coefficient (Wildman–Crippen LogP) is 2.24. The highest BCUT2D eigenvalue weighted by Gasteiger charge is 2.04. The summed E-state index contributed by atoms with van der Waals surface area (Å²) in [4.78, 5) is 15.7. The molecule has 0 fully saturated rings. The zero-order chi connectivity index (χ0) is 9.97. The van der Waals surface area contributed by atoms with Crippen LogP contribution in [0.15, 0.2) is 24.7 Å². The fraction of sp³-hybridized carbons (Fsp3) is 0. The van der Waals surface area contributed by atoms with Gasteiger partial charge >= 0.3 is 0 Å². The van der Waals surface area contributed by atoms with Crippen LogP contribution in [0.25, 0.3) is 11.5 Å². The van der Waals surface area contributed by atoms with Crippen LogP contribution in [-0.4, -0.2) is 19.9 Å². The molecule has 0 saturated heterocycles. The Kier molecular flexibility index (Phi) is 2.56. The molecule has 0 aromatic carbocycles. The molecule has 4 nitrogen and oxygen atoms in total. The Morgan fingerprint density at radius 1 is 1.07 bits per heavy atom. The summed E-state index contributed by atoms with van der Waals surface area (Å²) in [5.74, 6) is 0.393. The Labute approximate surface area is 90.0 Å². The number of hydrogen-bond acceptors (Lipinski definition) is 4. The van der Waals surface area contributed by atoms with Crippen molar-refractivity contribution in [1.29, 1.82) is 0 Å². The van der Waals surface area contributed by atoms with E-state index in [9.17, 15) is 0 Å². The molecule has 0 amide bonds. The number of nitrogens with zero attached hydrogens (tertiary/aromatic N) is 4. The summed E-state index contributed by atoms with van der Waals surface area (Å²) in [6, 6.07) is 3.15. The molecule has 0 bridgehead atoms. The number of rotatable bonds is 1. The van der Waals surface area contributed by atoms with E-state index in [4.69, 9.17) is 23.2 Å². The van der Waals surface area contributed by atoms with Gasteiger partial charge in [-0.25, -0.2) is 19.9 Å². The first-order valence-corrected chi connectivity index (χ1v) is 4.48. The second-order valence-electron chi connectivity index (χ2n) is 2.43. The van der Waals surface area contributed by atoms with Crippen LogP contribution in [0.1, 0.15) is 0 Å². The molecule has 0 N–H and O–H groups in total. The summed E-state index contributed by atoms with van der Waals surface area (Å²) in [5, 5.41) is 0.581. The minimum absolute atomic E-state index is 0.290. The van der Waals surface area contributed by atoms with Crippen molar-refractivity contribution in [1.82, 2.24) is 19.9 Å². The number of halogens is 2. The van der Waals surface area contributed by atoms with Gasteiger partial charge in [0.25, 0.3) is 0 Å². The summed E-state index contributed by atoms with van der Waals surface area (Å²) >= 11 is 11.4. The van der Waals surface area contributed by atoms with Crippen molar-refractivity contribution in [3.8, 4) is 11.5 Å². The summed E-state index contributed by atoms with van der Waals surface area (Å²) in [6.45, 7) is 0. The van der Waals surface area contributed by atoms with E-state index in [1.807, 2.05) is 0 Å². The van der Waals surface area contributed by atoms with Gasteiger partial charge in [-0.3, -0.25) is 0 Å². The molecule has 0 aliphatic rings. The molecule has 0 spiro atoms. The first kappa shape index (κ1) is 9.30. The van der Waals surface area contributed by atoms with Gasteiger partial charge < -0.3 is 0 Å². The van der Waals surface area contributed by atoms with E-state index in [-0.39, 0.29) is 0 Å². The highest BCUT2D eigenvalue weighted by molar-refractivity contribution is 6.33. The van der Waals surface area contributed by atoms with E-state index >= 15 is 0 Å². The average Bonchev–Trinajstić information content (AvgIpc) is 2.18. The Bertz CT molecular complexity index is 426. The second kappa shape index (κ2) is 3.86. The summed E-state index contributed by atoms with van der Waals surface area (Å²) in [6.07, 6.45) is 3.01. The van der Waals surface area contributed by atoms with E-state index in [1.54, 1.807) is 12.3 Å². The van der Waals surface area contributed by atoms with Crippen LogP contribution >= 0.6 is 23.2 Å². The van der Waals surface area contributed by atoms with E-state index in [1.165, 1.54) is 12.4 Å². The summed E-state index contributed by atoms with van der Waals surface area (Å²) < 4.78 is 0. The van der Waals surface area contributed by atoms with Crippen molar-refractivity contribution in [3.05, 3.63) is 35.0 Å². The van der Waals surface area contributed by atoms with Gasteiger partial charge in [0.15, 0.2) is 5.82 Å². The molecule has 2 aromatic heterocycles. The third-order valence-electron chi connectivity index (χ3n) is 1.47. The molecule has 0 unspecified atom stereocenters. The largest absolute Gasteiger partial charge is 0.245 e. The quantitative estimate of drug-likeness (QED) is 0.701. The molecule has 0 atom stereocenters. The lowest BCUT2D eigenvalue weighted by molar-refractivity contribution is 1.10. The Morgan fingerprint density at radius 2 is 1.79 bits per heavy atom. The zero-order valence-corrected chi connectivity index (χ0v) is 8.37. The zero-order valence-electron chi connectivity index (χ0n) is 6.85. The molecule has 70 valence electrons. The van der Waals surface area contributed by atoms with Gasteiger partial charge in [-0.05, 0) is 6.07 Å². The SMILES string of the molecule is Clc1cc(Cl)nc(-c2ccncn2)n1. The van der Waals surface area contributed by atoms with E-state index in [0.717, 1.165) is 0 Å². The molecular weight excluding hydrogens is 223 g/mol. The van der Waals surface area contributed by atoms with Crippen LogP contribution in [0.3, 0.4) is 0 Å². The molecule has 6 heteroatoms. The molecular formula is C8H4Cl2N4. The Morgan fingerprint density at radius 3 is 2.36 bits per heavy atom. The number of hydrogen-bond donors (Lipinski definition) is 0. The summed E-state index contributed by atoms with van der Waals surface area (Å²) in [5.41, 5.74) is 0.587. The van der Waals surface area contributed by atoms with E-state index in [0.29, 0.717) is 21.8 Å². The van der Waals surface area contributed by atoms with E-state index < -0.39 is 0 Å². The fourth-order valence-corrected chi connectivity index (χ4v) is 1.35. The van der Waals surface area contributed by atoms with Gasteiger partial charge in [0.2, 0.25) is 0 Å². The van der Waals surface area contributed by atoms with Gasteiger partial charge in [-0.15, -0.1) is 0 Å². The first-order valence-electron chi connectivity index (χ1n) is 3.72. The normalized spacial score (nSPS) is 10.1. The smallest absolute Gasteiger partial charge is 0.181 e. The van der Waals surface area contributed by atoms with Crippen molar-refractivity contribution in [3.63, 3.8) is 0 Å². The van der Waals surface area contributed by atoms with Crippen molar-refractivity contribution in [2.45, 2.75) is 0 Å². The first-order chi connectivity index (χ1) is 6.75. The highest BCUT2D eigenvalue weighted by Crippen LogP contribution is 2.17. The van der Waals surface area contributed by atoms with Gasteiger partial charge in [-0.2, -0.15) is 0 Å². The second-order valence-corrected chi connectivity index (χ2v) is 3.21. The lowest BCUT2D eigenvalue weighted by Gasteiger charge is -1.98. The average molecular weight is 227 g/mol. The standard InChI is InChI=1S/C8H4Cl2N4/c9-6-3-7(10)14-8(13-6)5-1-2-11-4-12-5/h1-4H. The van der Waals surface area contributed by atoms with Gasteiger partial charge in [-0.1, -0.05) is 23.2 Å². The van der Waals surface area contributed by atoms with Gasteiger partial charge in [0.05, 0.1) is 0 Å². The topological polar surface area (TPSA) is 51.6 Å². The van der Waals surface area contributed by atoms with Crippen LogP contribution in [0, 0.1) is 0 Å². The van der Waals surface area contributed by atoms with Crippen LogP contribution in [0.5, 0.6) is 0 Å². The Balaban J connectivity index is 2.52. The molecule has 2 rings (SSSR count).